The van der Waals surface area contributed by atoms with Gasteiger partial charge in [0.2, 0.25) is 0 Å². The van der Waals surface area contributed by atoms with Gasteiger partial charge in [-0.2, -0.15) is 0 Å². The fraction of sp³-hybridized carbons (Fsp3) is 0.625. The van der Waals surface area contributed by atoms with Gasteiger partial charge in [-0.05, 0) is 20.8 Å². The van der Waals surface area contributed by atoms with E-state index in [4.69, 9.17) is 14.2 Å². The number of pyridine rings is 1. The van der Waals surface area contributed by atoms with Gasteiger partial charge in [-0.3, -0.25) is 0 Å². The van der Waals surface area contributed by atoms with Crippen molar-refractivity contribution in [3.05, 3.63) is 12.3 Å². The minimum atomic E-state index is -0.477. The fourth-order valence-corrected chi connectivity index (χ4v) is 2.35. The van der Waals surface area contributed by atoms with Crippen LogP contribution in [0.5, 0.6) is 11.5 Å². The lowest BCUT2D eigenvalue weighted by Crippen LogP contribution is -2.50. The molecule has 0 aromatic carbocycles. The SMILES string of the molecule is COc1cnc(N2CCN(C(=O)OC(C)(C)C)CC2)c(OC)c1. The topological polar surface area (TPSA) is 64.1 Å². The summed E-state index contributed by atoms with van der Waals surface area (Å²) in [5.41, 5.74) is -0.477. The number of hydrogen-bond donors (Lipinski definition) is 0. The third-order valence-corrected chi connectivity index (χ3v) is 3.49. The highest BCUT2D eigenvalue weighted by Crippen LogP contribution is 2.30. The number of amides is 1. The molecule has 0 N–H and O–H groups in total. The zero-order chi connectivity index (χ0) is 17.0. The summed E-state index contributed by atoms with van der Waals surface area (Å²) in [6, 6.07) is 1.81. The maximum absolute atomic E-state index is 12.1. The molecule has 128 valence electrons. The molecule has 1 aliphatic heterocycles. The molecule has 1 fully saturated rings. The predicted molar refractivity (Wildman–Crippen MR) is 87.4 cm³/mol. The largest absolute Gasteiger partial charge is 0.495 e. The van der Waals surface area contributed by atoms with Crippen LogP contribution in [0, 0.1) is 0 Å². The molecule has 7 heteroatoms. The van der Waals surface area contributed by atoms with Gasteiger partial charge in [0.25, 0.3) is 0 Å². The molecule has 1 aromatic rings. The van der Waals surface area contributed by atoms with E-state index >= 15 is 0 Å². The number of methoxy groups -OCH3 is 2. The van der Waals surface area contributed by atoms with Crippen LogP contribution in [0.4, 0.5) is 10.6 Å². The number of nitrogens with zero attached hydrogens (tertiary/aromatic N) is 3. The Kier molecular flexibility index (Phi) is 5.18. The normalized spacial score (nSPS) is 15.3. The van der Waals surface area contributed by atoms with Crippen LogP contribution in [0.2, 0.25) is 0 Å². The average Bonchev–Trinajstić information content (AvgIpc) is 2.52. The quantitative estimate of drug-likeness (QED) is 0.849. The van der Waals surface area contributed by atoms with Crippen molar-refractivity contribution in [3.8, 4) is 11.5 Å². The van der Waals surface area contributed by atoms with E-state index in [2.05, 4.69) is 9.88 Å². The molecule has 0 radical (unpaired) electrons. The molecule has 0 bridgehead atoms. The van der Waals surface area contributed by atoms with Gasteiger partial charge in [-0.15, -0.1) is 0 Å². The van der Waals surface area contributed by atoms with E-state index in [0.29, 0.717) is 37.7 Å². The first-order valence-corrected chi connectivity index (χ1v) is 7.65. The summed E-state index contributed by atoms with van der Waals surface area (Å²) in [6.45, 7) is 8.13. The summed E-state index contributed by atoms with van der Waals surface area (Å²) in [4.78, 5) is 20.3. The molecule has 1 aromatic heterocycles. The van der Waals surface area contributed by atoms with Crippen molar-refractivity contribution in [1.29, 1.82) is 0 Å². The molecule has 7 nitrogen and oxygen atoms in total. The maximum Gasteiger partial charge on any atom is 0.410 e. The van der Waals surface area contributed by atoms with E-state index in [1.165, 1.54) is 0 Å². The molecule has 0 unspecified atom stereocenters. The van der Waals surface area contributed by atoms with Crippen LogP contribution in [-0.4, -0.2) is 62.0 Å². The summed E-state index contributed by atoms with van der Waals surface area (Å²) >= 11 is 0. The molecular weight excluding hydrogens is 298 g/mol. The monoisotopic (exact) mass is 323 g/mol. The second kappa shape index (κ2) is 6.93. The average molecular weight is 323 g/mol. The molecule has 0 saturated carbocycles. The molecule has 1 saturated heterocycles. The van der Waals surface area contributed by atoms with Crippen LogP contribution >= 0.6 is 0 Å². The molecule has 23 heavy (non-hydrogen) atoms. The minimum Gasteiger partial charge on any atom is -0.495 e. The van der Waals surface area contributed by atoms with E-state index in [1.54, 1.807) is 25.3 Å². The zero-order valence-electron chi connectivity index (χ0n) is 14.5. The van der Waals surface area contributed by atoms with Crippen molar-refractivity contribution in [1.82, 2.24) is 9.88 Å². The van der Waals surface area contributed by atoms with E-state index in [1.807, 2.05) is 26.8 Å². The second-order valence-electron chi connectivity index (χ2n) is 6.36. The summed E-state index contributed by atoms with van der Waals surface area (Å²) in [7, 11) is 3.20. The molecule has 2 heterocycles. The number of carbonyl (C=O) groups excluding carboxylic acids is 1. The maximum atomic E-state index is 12.1. The Bertz CT molecular complexity index is 549. The Labute approximate surface area is 137 Å². The molecule has 0 spiro atoms. The number of aromatic nitrogens is 1. The van der Waals surface area contributed by atoms with Crippen LogP contribution < -0.4 is 14.4 Å². The van der Waals surface area contributed by atoms with Gasteiger partial charge in [0, 0.05) is 32.2 Å². The first-order valence-electron chi connectivity index (χ1n) is 7.65. The lowest BCUT2D eigenvalue weighted by Gasteiger charge is -2.36. The summed E-state index contributed by atoms with van der Waals surface area (Å²) < 4.78 is 16.0. The molecule has 1 amide bonds. The van der Waals surface area contributed by atoms with Crippen LogP contribution in [0.1, 0.15) is 20.8 Å². The summed E-state index contributed by atoms with van der Waals surface area (Å²) in [6.07, 6.45) is 1.39. The van der Waals surface area contributed by atoms with Gasteiger partial charge in [0.1, 0.15) is 11.4 Å². The Balaban J connectivity index is 2.00. The second-order valence-corrected chi connectivity index (χ2v) is 6.36. The summed E-state index contributed by atoms with van der Waals surface area (Å²) in [5, 5.41) is 0. The number of rotatable bonds is 3. The van der Waals surface area contributed by atoms with Crippen LogP contribution in [-0.2, 0) is 4.74 Å². The molecule has 1 aliphatic rings. The van der Waals surface area contributed by atoms with Gasteiger partial charge < -0.3 is 24.0 Å². The Morgan fingerprint density at radius 2 is 1.78 bits per heavy atom. The van der Waals surface area contributed by atoms with E-state index in [9.17, 15) is 4.79 Å². The number of carbonyl (C=O) groups is 1. The van der Waals surface area contributed by atoms with E-state index in [-0.39, 0.29) is 6.09 Å². The summed E-state index contributed by atoms with van der Waals surface area (Å²) in [5.74, 6) is 2.07. The van der Waals surface area contributed by atoms with E-state index < -0.39 is 5.60 Å². The first-order chi connectivity index (χ1) is 10.8. The van der Waals surface area contributed by atoms with Crippen molar-refractivity contribution in [2.75, 3.05) is 45.3 Å². The number of ether oxygens (including phenoxy) is 3. The lowest BCUT2D eigenvalue weighted by atomic mass is 10.2. The Morgan fingerprint density at radius 1 is 1.13 bits per heavy atom. The van der Waals surface area contributed by atoms with Crippen LogP contribution in [0.25, 0.3) is 0 Å². The van der Waals surface area contributed by atoms with Gasteiger partial charge in [0.15, 0.2) is 11.6 Å². The van der Waals surface area contributed by atoms with Crippen molar-refractivity contribution < 1.29 is 19.0 Å². The van der Waals surface area contributed by atoms with Crippen molar-refractivity contribution in [2.24, 2.45) is 0 Å². The third kappa shape index (κ3) is 4.40. The van der Waals surface area contributed by atoms with Crippen LogP contribution in [0.3, 0.4) is 0 Å². The smallest absolute Gasteiger partial charge is 0.410 e. The third-order valence-electron chi connectivity index (χ3n) is 3.49. The highest BCUT2D eigenvalue weighted by Gasteiger charge is 2.27. The van der Waals surface area contributed by atoms with Gasteiger partial charge >= 0.3 is 6.09 Å². The highest BCUT2D eigenvalue weighted by molar-refractivity contribution is 5.68. The lowest BCUT2D eigenvalue weighted by molar-refractivity contribution is 0.0240. The van der Waals surface area contributed by atoms with Gasteiger partial charge in [-0.25, -0.2) is 9.78 Å². The molecule has 0 atom stereocenters. The van der Waals surface area contributed by atoms with Crippen molar-refractivity contribution >= 4 is 11.9 Å². The van der Waals surface area contributed by atoms with Crippen molar-refractivity contribution in [2.45, 2.75) is 26.4 Å². The fourth-order valence-electron chi connectivity index (χ4n) is 2.35. The standard InChI is InChI=1S/C16H25N3O4/c1-16(2,3)23-15(20)19-8-6-18(7-9-19)14-13(22-5)10-12(21-4)11-17-14/h10-11H,6-9H2,1-5H3. The van der Waals surface area contributed by atoms with Gasteiger partial charge in [0.05, 0.1) is 20.4 Å². The molecular formula is C16H25N3O4. The van der Waals surface area contributed by atoms with E-state index in [0.717, 1.165) is 5.82 Å². The number of hydrogen-bond acceptors (Lipinski definition) is 6. The predicted octanol–water partition coefficient (Wildman–Crippen LogP) is 2.16. The van der Waals surface area contributed by atoms with Gasteiger partial charge in [-0.1, -0.05) is 0 Å². The number of piperazine rings is 1. The molecule has 0 aliphatic carbocycles. The Hall–Kier alpha value is -2.18. The zero-order valence-corrected chi connectivity index (χ0v) is 14.5. The highest BCUT2D eigenvalue weighted by atomic mass is 16.6. The first kappa shape index (κ1) is 17.2. The van der Waals surface area contributed by atoms with Crippen molar-refractivity contribution in [3.63, 3.8) is 0 Å². The molecule has 2 rings (SSSR count). The van der Waals surface area contributed by atoms with Crippen LogP contribution in [0.15, 0.2) is 12.3 Å². The minimum absolute atomic E-state index is 0.271. The number of anilines is 1. The Morgan fingerprint density at radius 3 is 2.30 bits per heavy atom.